The van der Waals surface area contributed by atoms with Crippen LogP contribution in [-0.4, -0.2) is 72.1 Å². The Hall–Kier alpha value is -2.10. The van der Waals surface area contributed by atoms with Crippen LogP contribution in [0, 0.1) is 34.5 Å². The van der Waals surface area contributed by atoms with Crippen molar-refractivity contribution in [2.45, 2.75) is 166 Å². The first-order chi connectivity index (χ1) is 23.3. The Labute approximate surface area is 293 Å². The molecule has 6 fully saturated rings. The first-order valence-electron chi connectivity index (χ1n) is 19.8. The Bertz CT molecular complexity index is 1400. The summed E-state index contributed by atoms with van der Waals surface area (Å²) in [5, 5.41) is 2.37. The van der Waals surface area contributed by atoms with Crippen molar-refractivity contribution < 1.29 is 32.4 Å². The van der Waals surface area contributed by atoms with Crippen molar-refractivity contribution in [3.8, 4) is 0 Å². The van der Waals surface area contributed by atoms with Crippen LogP contribution < -0.4 is 5.32 Å². The lowest BCUT2D eigenvalue weighted by atomic mass is 9.67. The highest BCUT2D eigenvalue weighted by Crippen LogP contribution is 2.65. The summed E-state index contributed by atoms with van der Waals surface area (Å²) in [4.78, 5) is 70.9. The zero-order valence-electron chi connectivity index (χ0n) is 30.0. The first kappa shape index (κ1) is 36.7. The molecule has 9 nitrogen and oxygen atoms in total. The van der Waals surface area contributed by atoms with Crippen LogP contribution in [0.5, 0.6) is 0 Å². The van der Waals surface area contributed by atoms with Crippen LogP contribution in [0.15, 0.2) is 0 Å². The molecule has 3 aliphatic heterocycles. The summed E-state index contributed by atoms with van der Waals surface area (Å²) in [6, 6.07) is -0.587. The predicted molar refractivity (Wildman–Crippen MR) is 187 cm³/mol. The molecule has 6 aliphatic rings. The SMILES string of the molecule is CC1(C)[C@@H]2[C@H]3C(=O)C[C@H](C(=O)C(=O)NC4CC4)CCCCCCCCCC[C@H](CC(=O)CC4([C@@H]5CCS5(=O)=O)CCCCC4)C(=O)N3C[C@@H]21. The highest BCUT2D eigenvalue weighted by molar-refractivity contribution is 7.93. The number of Topliss-reactive ketones (excluding diaryl/α,β-unsaturated/α-hetero) is 3. The first-order valence-corrected chi connectivity index (χ1v) is 21.5. The second kappa shape index (κ2) is 14.9. The summed E-state index contributed by atoms with van der Waals surface area (Å²) in [6.45, 7) is 4.76. The number of hydrogen-bond donors (Lipinski definition) is 1. The van der Waals surface area contributed by atoms with Gasteiger partial charge in [-0.05, 0) is 67.6 Å². The maximum Gasteiger partial charge on any atom is 0.287 e. The van der Waals surface area contributed by atoms with Gasteiger partial charge in [0.25, 0.3) is 5.91 Å². The Morgan fingerprint density at radius 2 is 1.43 bits per heavy atom. The number of rotatable bonds is 8. The number of ketones is 3. The minimum atomic E-state index is -3.17. The molecule has 0 aromatic carbocycles. The van der Waals surface area contributed by atoms with E-state index in [0.29, 0.717) is 25.8 Å². The fourth-order valence-electron chi connectivity index (χ4n) is 10.4. The normalized spacial score (nSPS) is 34.9. The molecule has 0 aromatic rings. The van der Waals surface area contributed by atoms with Crippen molar-refractivity contribution in [1.29, 1.82) is 0 Å². The van der Waals surface area contributed by atoms with Crippen molar-refractivity contribution >= 4 is 39.0 Å². The highest BCUT2D eigenvalue weighted by atomic mass is 32.2. The maximum absolute atomic E-state index is 14.6. The highest BCUT2D eigenvalue weighted by Gasteiger charge is 2.69. The van der Waals surface area contributed by atoms with Crippen LogP contribution in [0.25, 0.3) is 0 Å². The van der Waals surface area contributed by atoms with E-state index in [4.69, 9.17) is 0 Å². The van der Waals surface area contributed by atoms with Crippen LogP contribution in [0.1, 0.15) is 149 Å². The van der Waals surface area contributed by atoms with E-state index in [1.54, 1.807) is 4.90 Å². The van der Waals surface area contributed by atoms with E-state index in [2.05, 4.69) is 19.2 Å². The van der Waals surface area contributed by atoms with E-state index in [1.807, 2.05) is 0 Å². The number of carbonyl (C=O) groups is 5. The molecule has 0 spiro atoms. The third-order valence-corrected chi connectivity index (χ3v) is 16.0. The third kappa shape index (κ3) is 8.04. The molecule has 274 valence electrons. The number of piperidine rings is 1. The van der Waals surface area contributed by atoms with Gasteiger partial charge < -0.3 is 10.2 Å². The van der Waals surface area contributed by atoms with E-state index >= 15 is 0 Å². The maximum atomic E-state index is 14.6. The van der Waals surface area contributed by atoms with Crippen LogP contribution in [-0.2, 0) is 33.8 Å². The number of hydrogen-bond acceptors (Lipinski definition) is 7. The number of amides is 2. The largest absolute Gasteiger partial charge is 0.347 e. The Morgan fingerprint density at radius 3 is 2.02 bits per heavy atom. The molecule has 6 atom stereocenters. The average molecular weight is 701 g/mol. The molecule has 10 heteroatoms. The lowest BCUT2D eigenvalue weighted by Gasteiger charge is -2.47. The van der Waals surface area contributed by atoms with Gasteiger partial charge in [-0.15, -0.1) is 0 Å². The van der Waals surface area contributed by atoms with Crippen molar-refractivity contribution in [1.82, 2.24) is 10.2 Å². The summed E-state index contributed by atoms with van der Waals surface area (Å²) in [5.74, 6) is -2.21. The molecule has 0 bridgehead atoms. The van der Waals surface area contributed by atoms with Crippen molar-refractivity contribution in [2.75, 3.05) is 12.3 Å². The zero-order chi connectivity index (χ0) is 35.0. The van der Waals surface area contributed by atoms with Gasteiger partial charge in [0.2, 0.25) is 11.7 Å². The number of nitrogens with one attached hydrogen (secondary N) is 1. The molecular formula is C39H60N2O7S. The van der Waals surface area contributed by atoms with Crippen molar-refractivity contribution in [3.05, 3.63) is 0 Å². The van der Waals surface area contributed by atoms with Crippen LogP contribution in [0.3, 0.4) is 0 Å². The molecule has 3 aliphatic carbocycles. The van der Waals surface area contributed by atoms with Crippen LogP contribution >= 0.6 is 0 Å². The minimum Gasteiger partial charge on any atom is -0.347 e. The van der Waals surface area contributed by atoms with Gasteiger partial charge in [0, 0.05) is 43.7 Å². The molecule has 2 amide bonds. The molecule has 0 aromatic heterocycles. The predicted octanol–water partition coefficient (Wildman–Crippen LogP) is 5.91. The molecule has 3 saturated carbocycles. The monoisotopic (exact) mass is 700 g/mol. The minimum absolute atomic E-state index is 0.00718. The van der Waals surface area contributed by atoms with E-state index in [9.17, 15) is 32.4 Å². The second-order valence-corrected chi connectivity index (χ2v) is 19.8. The summed E-state index contributed by atoms with van der Waals surface area (Å²) < 4.78 is 25.7. The van der Waals surface area contributed by atoms with Gasteiger partial charge in [-0.1, -0.05) is 84.5 Å². The summed E-state index contributed by atoms with van der Waals surface area (Å²) in [5.41, 5.74) is -0.608. The molecule has 1 N–H and O–H groups in total. The lowest BCUT2D eigenvalue weighted by Crippen LogP contribution is -2.52. The molecule has 0 unspecified atom stereocenters. The van der Waals surface area contributed by atoms with E-state index in [1.165, 1.54) is 0 Å². The summed E-state index contributed by atoms with van der Waals surface area (Å²) in [7, 11) is -3.17. The summed E-state index contributed by atoms with van der Waals surface area (Å²) in [6.07, 6.45) is 16.0. The standard InChI is InChI=1S/C39H60N2O7S/c1-38(2)30-25-41-34(33(30)38)31(43)23-26(35(44)36(45)40-28-16-17-28)14-10-7-5-3-4-6-8-11-15-27(37(41)46)22-29(42)24-39(19-12-9-13-20-39)32-18-21-49(32,47)48/h26-28,30,32-34H,3-25H2,1-2H3,(H,40,45)/t26-,27-,30+,32+,33+,34-/m1/s1. The van der Waals surface area contributed by atoms with Gasteiger partial charge in [-0.2, -0.15) is 0 Å². The van der Waals surface area contributed by atoms with Crippen LogP contribution in [0.2, 0.25) is 0 Å². The number of fused-ring (bicyclic) bond motifs is 3. The molecule has 6 rings (SSSR count). The molecule has 0 radical (unpaired) electrons. The van der Waals surface area contributed by atoms with Crippen LogP contribution in [0.4, 0.5) is 0 Å². The fraction of sp³-hybridized carbons (Fsp3) is 0.872. The quantitative estimate of drug-likeness (QED) is 0.311. The Kier molecular flexibility index (Phi) is 11.1. The van der Waals surface area contributed by atoms with Gasteiger partial charge in [0.05, 0.1) is 17.0 Å². The smallest absolute Gasteiger partial charge is 0.287 e. The van der Waals surface area contributed by atoms with E-state index in [-0.39, 0.29) is 65.8 Å². The Morgan fingerprint density at radius 1 is 0.816 bits per heavy atom. The molecule has 3 saturated heterocycles. The van der Waals surface area contributed by atoms with Crippen molar-refractivity contribution in [2.24, 2.45) is 34.5 Å². The third-order valence-electron chi connectivity index (χ3n) is 13.6. The fourth-order valence-corrected chi connectivity index (χ4v) is 12.3. The summed E-state index contributed by atoms with van der Waals surface area (Å²) >= 11 is 0. The topological polar surface area (TPSA) is 135 Å². The number of sulfone groups is 1. The van der Waals surface area contributed by atoms with Crippen molar-refractivity contribution in [3.63, 3.8) is 0 Å². The number of carbonyl (C=O) groups excluding carboxylic acids is 5. The van der Waals surface area contributed by atoms with Gasteiger partial charge in [-0.25, -0.2) is 8.42 Å². The van der Waals surface area contributed by atoms with Gasteiger partial charge in [0.15, 0.2) is 15.6 Å². The second-order valence-electron chi connectivity index (χ2n) is 17.5. The molecule has 3 heterocycles. The Balaban J connectivity index is 1.21. The van der Waals surface area contributed by atoms with Gasteiger partial charge in [-0.3, -0.25) is 24.0 Å². The van der Waals surface area contributed by atoms with Gasteiger partial charge in [0.1, 0.15) is 5.78 Å². The molecule has 49 heavy (non-hydrogen) atoms. The van der Waals surface area contributed by atoms with E-state index in [0.717, 1.165) is 96.3 Å². The van der Waals surface area contributed by atoms with E-state index < -0.39 is 50.1 Å². The zero-order valence-corrected chi connectivity index (χ0v) is 30.8. The molecular weight excluding hydrogens is 641 g/mol. The average Bonchev–Trinajstić information content (AvgIpc) is 3.90. The van der Waals surface area contributed by atoms with Gasteiger partial charge >= 0.3 is 0 Å². The lowest BCUT2D eigenvalue weighted by molar-refractivity contribution is -0.146. The number of nitrogens with zero attached hydrogens (tertiary/aromatic N) is 1.